The number of carbonyl (C=O) groups is 2. The van der Waals surface area contributed by atoms with Gasteiger partial charge in [0.2, 0.25) is 0 Å². The molecule has 0 saturated heterocycles. The number of ketones is 2. The van der Waals surface area contributed by atoms with E-state index in [2.05, 4.69) is 6.92 Å². The van der Waals surface area contributed by atoms with Gasteiger partial charge in [-0.1, -0.05) is 6.92 Å². The van der Waals surface area contributed by atoms with Crippen molar-refractivity contribution < 1.29 is 19.8 Å². The third-order valence-electron chi connectivity index (χ3n) is 7.72. The molecular formula is C21H34O4. The molecule has 3 aliphatic carbocycles. The van der Waals surface area contributed by atoms with Crippen molar-refractivity contribution in [2.75, 3.05) is 6.61 Å². The molecule has 0 spiro atoms. The van der Waals surface area contributed by atoms with Crippen molar-refractivity contribution in [3.63, 3.8) is 0 Å². The highest BCUT2D eigenvalue weighted by atomic mass is 16.3. The molecule has 6 unspecified atom stereocenters. The van der Waals surface area contributed by atoms with Crippen molar-refractivity contribution in [2.45, 2.75) is 77.7 Å². The van der Waals surface area contributed by atoms with E-state index in [1.807, 2.05) is 13.8 Å². The fraction of sp³-hybridized carbons (Fsp3) is 0.905. The highest BCUT2D eigenvalue weighted by molar-refractivity contribution is 5.83. The summed E-state index contributed by atoms with van der Waals surface area (Å²) in [5.41, 5.74) is -0.718. The van der Waals surface area contributed by atoms with Crippen molar-refractivity contribution in [2.24, 2.45) is 35.0 Å². The summed E-state index contributed by atoms with van der Waals surface area (Å²) in [6.07, 6.45) is 6.98. The van der Waals surface area contributed by atoms with Crippen LogP contribution in [0, 0.1) is 35.0 Å². The van der Waals surface area contributed by atoms with Crippen LogP contribution in [0.15, 0.2) is 0 Å². The molecule has 0 amide bonds. The Hall–Kier alpha value is -0.740. The van der Waals surface area contributed by atoms with E-state index in [0.29, 0.717) is 42.3 Å². The minimum atomic E-state index is -0.675. The monoisotopic (exact) mass is 350 g/mol. The predicted molar refractivity (Wildman–Crippen MR) is 95.9 cm³/mol. The summed E-state index contributed by atoms with van der Waals surface area (Å²) in [6.45, 7) is 5.56. The second-order valence-corrected chi connectivity index (χ2v) is 9.79. The Kier molecular flexibility index (Phi) is 5.15. The molecular weight excluding hydrogens is 316 g/mol. The van der Waals surface area contributed by atoms with Crippen LogP contribution in [0.2, 0.25) is 0 Å². The summed E-state index contributed by atoms with van der Waals surface area (Å²) < 4.78 is 0. The molecule has 3 aliphatic rings. The Labute approximate surface area is 151 Å². The van der Waals surface area contributed by atoms with Crippen molar-refractivity contribution in [1.29, 1.82) is 0 Å². The third kappa shape index (κ3) is 3.57. The standard InChI is InChI=1S/C21H34O4/c1-20(2,25)8-6-13-10-14(23)11-16-15(13)7-9-21(3)17(16)4-5-18(21)19(24)12-22/h13,15-18,22,25H,4-12H2,1-3H3. The van der Waals surface area contributed by atoms with E-state index in [0.717, 1.165) is 38.5 Å². The van der Waals surface area contributed by atoms with Gasteiger partial charge in [-0.2, -0.15) is 0 Å². The van der Waals surface area contributed by atoms with Crippen LogP contribution in [-0.4, -0.2) is 34.0 Å². The first kappa shape index (κ1) is 19.0. The Morgan fingerprint density at radius 3 is 2.56 bits per heavy atom. The van der Waals surface area contributed by atoms with Crippen LogP contribution in [0.1, 0.15) is 72.1 Å². The normalized spacial score (nSPS) is 41.3. The Morgan fingerprint density at radius 1 is 1.20 bits per heavy atom. The molecule has 0 radical (unpaired) electrons. The average molecular weight is 350 g/mol. The van der Waals surface area contributed by atoms with Crippen molar-refractivity contribution in [3.8, 4) is 0 Å². The first-order valence-electron chi connectivity index (χ1n) is 10.0. The van der Waals surface area contributed by atoms with Crippen molar-refractivity contribution in [3.05, 3.63) is 0 Å². The molecule has 0 aliphatic heterocycles. The molecule has 0 aromatic rings. The van der Waals surface area contributed by atoms with Gasteiger partial charge in [-0.25, -0.2) is 0 Å². The number of rotatable bonds is 5. The van der Waals surface area contributed by atoms with E-state index in [9.17, 15) is 19.8 Å². The van der Waals surface area contributed by atoms with Gasteiger partial charge in [0.25, 0.3) is 0 Å². The van der Waals surface area contributed by atoms with Crippen LogP contribution in [0.5, 0.6) is 0 Å². The lowest BCUT2D eigenvalue weighted by atomic mass is 9.52. The quantitative estimate of drug-likeness (QED) is 0.799. The maximum Gasteiger partial charge on any atom is 0.161 e. The number of hydrogen-bond donors (Lipinski definition) is 2. The molecule has 4 nitrogen and oxygen atoms in total. The van der Waals surface area contributed by atoms with Crippen LogP contribution in [0.25, 0.3) is 0 Å². The molecule has 25 heavy (non-hydrogen) atoms. The van der Waals surface area contributed by atoms with Gasteiger partial charge in [0.05, 0.1) is 5.60 Å². The number of carbonyl (C=O) groups excluding carboxylic acids is 2. The number of aliphatic hydroxyl groups is 2. The van der Waals surface area contributed by atoms with Gasteiger partial charge in [0, 0.05) is 18.8 Å². The van der Waals surface area contributed by atoms with E-state index in [-0.39, 0.29) is 23.7 Å². The predicted octanol–water partition coefficient (Wildman–Crippen LogP) is 3.14. The number of fused-ring (bicyclic) bond motifs is 3. The van der Waals surface area contributed by atoms with Gasteiger partial charge in [0.1, 0.15) is 12.4 Å². The van der Waals surface area contributed by atoms with Gasteiger partial charge < -0.3 is 10.2 Å². The summed E-state index contributed by atoms with van der Waals surface area (Å²) in [4.78, 5) is 24.7. The Balaban J connectivity index is 1.78. The van der Waals surface area contributed by atoms with E-state index >= 15 is 0 Å². The van der Waals surface area contributed by atoms with Gasteiger partial charge in [-0.3, -0.25) is 9.59 Å². The molecule has 3 saturated carbocycles. The first-order valence-corrected chi connectivity index (χ1v) is 10.0. The summed E-state index contributed by atoms with van der Waals surface area (Å²) in [5, 5.41) is 19.4. The lowest BCUT2D eigenvalue weighted by molar-refractivity contribution is -0.136. The Morgan fingerprint density at radius 2 is 1.92 bits per heavy atom. The van der Waals surface area contributed by atoms with Gasteiger partial charge in [0.15, 0.2) is 5.78 Å². The zero-order valence-electron chi connectivity index (χ0n) is 16.0. The van der Waals surface area contributed by atoms with Crippen molar-refractivity contribution in [1.82, 2.24) is 0 Å². The van der Waals surface area contributed by atoms with Crippen LogP contribution in [0.4, 0.5) is 0 Å². The SMILES string of the molecule is CC(C)(O)CCC1CC(=O)CC2C1CCC1(C)C(C(=O)CO)CCC21. The van der Waals surface area contributed by atoms with E-state index < -0.39 is 5.60 Å². The lowest BCUT2D eigenvalue weighted by Crippen LogP contribution is -2.48. The third-order valence-corrected chi connectivity index (χ3v) is 7.72. The maximum absolute atomic E-state index is 12.4. The Bertz CT molecular complexity index is 535. The zero-order valence-corrected chi connectivity index (χ0v) is 16.0. The summed E-state index contributed by atoms with van der Waals surface area (Å²) >= 11 is 0. The fourth-order valence-corrected chi connectivity index (χ4v) is 6.48. The van der Waals surface area contributed by atoms with Crippen molar-refractivity contribution >= 4 is 11.6 Å². The molecule has 142 valence electrons. The molecule has 6 atom stereocenters. The number of hydrogen-bond acceptors (Lipinski definition) is 4. The highest BCUT2D eigenvalue weighted by Gasteiger charge is 2.57. The minimum Gasteiger partial charge on any atom is -0.390 e. The summed E-state index contributed by atoms with van der Waals surface area (Å²) in [7, 11) is 0. The van der Waals surface area contributed by atoms with Gasteiger partial charge >= 0.3 is 0 Å². The summed E-state index contributed by atoms with van der Waals surface area (Å²) in [6, 6.07) is 0. The van der Waals surface area contributed by atoms with E-state index in [4.69, 9.17) is 0 Å². The molecule has 0 heterocycles. The molecule has 2 N–H and O–H groups in total. The molecule has 0 aromatic heterocycles. The molecule has 3 rings (SSSR count). The van der Waals surface area contributed by atoms with E-state index in [1.54, 1.807) is 0 Å². The highest BCUT2D eigenvalue weighted by Crippen LogP contribution is 2.62. The largest absolute Gasteiger partial charge is 0.390 e. The smallest absolute Gasteiger partial charge is 0.161 e. The zero-order chi connectivity index (χ0) is 18.4. The topological polar surface area (TPSA) is 74.6 Å². The van der Waals surface area contributed by atoms with Gasteiger partial charge in [-0.05, 0) is 81.5 Å². The fourth-order valence-electron chi connectivity index (χ4n) is 6.48. The van der Waals surface area contributed by atoms with Crippen LogP contribution in [-0.2, 0) is 9.59 Å². The van der Waals surface area contributed by atoms with Crippen LogP contribution in [0.3, 0.4) is 0 Å². The number of Topliss-reactive ketones (excluding diaryl/α,β-unsaturated/α-hetero) is 2. The molecule has 3 fully saturated rings. The second-order valence-electron chi connectivity index (χ2n) is 9.79. The summed E-state index contributed by atoms with van der Waals surface area (Å²) in [5.74, 6) is 2.09. The maximum atomic E-state index is 12.4. The van der Waals surface area contributed by atoms with Crippen LogP contribution >= 0.6 is 0 Å². The van der Waals surface area contributed by atoms with E-state index in [1.165, 1.54) is 0 Å². The molecule has 0 bridgehead atoms. The lowest BCUT2D eigenvalue weighted by Gasteiger charge is -2.52. The molecule has 0 aromatic carbocycles. The average Bonchev–Trinajstić information content (AvgIpc) is 2.88. The minimum absolute atomic E-state index is 0.0100. The molecule has 4 heteroatoms. The number of aliphatic hydroxyl groups excluding tert-OH is 1. The second kappa shape index (κ2) is 6.77. The van der Waals surface area contributed by atoms with Crippen LogP contribution < -0.4 is 0 Å². The van der Waals surface area contributed by atoms with Gasteiger partial charge in [-0.15, -0.1) is 0 Å². The first-order chi connectivity index (χ1) is 11.7.